The molecule has 4 aliphatic heterocycles. The van der Waals surface area contributed by atoms with E-state index in [1.807, 2.05) is 0 Å². The zero-order valence-electron chi connectivity index (χ0n) is 67.3. The van der Waals surface area contributed by atoms with E-state index in [0.29, 0.717) is 0 Å². The average Bonchev–Trinajstić information content (AvgIpc) is 0.872. The van der Waals surface area contributed by atoms with E-state index in [9.17, 15) is 0 Å². The summed E-state index contributed by atoms with van der Waals surface area (Å²) in [6.07, 6.45) is 0. The van der Waals surface area contributed by atoms with Crippen LogP contribution in [0, 0.1) is 0 Å². The van der Waals surface area contributed by atoms with Gasteiger partial charge in [-0.1, -0.05) is 244 Å². The lowest BCUT2D eigenvalue weighted by molar-refractivity contribution is 0.465. The fraction of sp³-hybridized carbons (Fsp3) is 0.0816. The van der Waals surface area contributed by atoms with Gasteiger partial charge in [-0.2, -0.15) is 0 Å². The third-order valence-corrected chi connectivity index (χ3v) is 26.3. The maximum absolute atomic E-state index is 7.27. The van der Waals surface area contributed by atoms with Gasteiger partial charge in [0.05, 0.1) is 16.7 Å². The van der Waals surface area contributed by atoms with Gasteiger partial charge in [-0.15, -0.1) is 10.9 Å². The van der Waals surface area contributed by atoms with Crippen molar-refractivity contribution in [2.24, 2.45) is 0 Å². The number of hydrogen-bond acceptors (Lipinski definition) is 4. The van der Waals surface area contributed by atoms with E-state index < -0.39 is 0 Å². The van der Waals surface area contributed by atoms with Crippen LogP contribution in [-0.4, -0.2) is 85.3 Å². The topological polar surface area (TPSA) is 34.8 Å². The Hall–Kier alpha value is -12.3. The summed E-state index contributed by atoms with van der Waals surface area (Å²) in [5.74, 6) is 3.27. The number of ether oxygens (including phenoxy) is 2. The highest BCUT2D eigenvalue weighted by Gasteiger charge is 2.46. The summed E-state index contributed by atoms with van der Waals surface area (Å²) in [4.78, 5) is 5.29. The quantitative estimate of drug-likeness (QED) is 0.145. The Balaban J connectivity index is 0.919. The Labute approximate surface area is 675 Å². The fourth-order valence-corrected chi connectivity index (χ4v) is 19.7. The number of anilines is 6. The van der Waals surface area contributed by atoms with Gasteiger partial charge in [0, 0.05) is 72.6 Å². The zero-order valence-corrected chi connectivity index (χ0v) is 67.3. The van der Waals surface area contributed by atoms with Crippen LogP contribution in [0.2, 0.25) is 0 Å². The van der Waals surface area contributed by atoms with Gasteiger partial charge in [-0.3, -0.25) is 0 Å². The highest BCUT2D eigenvalue weighted by atomic mass is 16.5. The van der Waals surface area contributed by atoms with Crippen molar-refractivity contribution in [3.8, 4) is 78.9 Å². The Morgan fingerprint density at radius 1 is 0.272 bits per heavy atom. The molecule has 21 rings (SSSR count). The van der Waals surface area contributed by atoms with Crippen LogP contribution in [0.15, 0.2) is 279 Å². The first kappa shape index (κ1) is 69.7. The molecule has 15 aromatic carbocycles. The molecule has 0 saturated heterocycles. The van der Waals surface area contributed by atoms with E-state index >= 15 is 0 Å². The van der Waals surface area contributed by atoms with Gasteiger partial charge in [0.1, 0.15) is 85.8 Å². The van der Waals surface area contributed by atoms with Gasteiger partial charge in [0.25, 0.3) is 13.4 Å². The summed E-state index contributed by atoms with van der Waals surface area (Å²) < 4.78 is 19.7. The van der Waals surface area contributed by atoms with E-state index in [4.69, 9.17) is 9.47 Å². The molecule has 0 aliphatic carbocycles. The third-order valence-electron chi connectivity index (χ3n) is 26.3. The van der Waals surface area contributed by atoms with Gasteiger partial charge in [-0.05, 0) is 208 Å². The van der Waals surface area contributed by atoms with Crippen LogP contribution in [0.3, 0.4) is 0 Å². The molecule has 0 radical (unpaired) electrons. The minimum atomic E-state index is -0.285. The summed E-state index contributed by atoms with van der Waals surface area (Å²) in [5, 5.41) is 5.17. The van der Waals surface area contributed by atoms with Crippen LogP contribution >= 0.6 is 0 Å². The monoisotopic (exact) mass is 1450 g/mol. The van der Waals surface area contributed by atoms with Gasteiger partial charge in [0.2, 0.25) is 0 Å². The molecule has 6 nitrogen and oxygen atoms in total. The second-order valence-electron chi connectivity index (χ2n) is 34.6. The molecule has 0 atom stereocenters. The Kier molecular flexibility index (Phi) is 15.7. The second kappa shape index (κ2) is 25.6. The van der Waals surface area contributed by atoms with Crippen LogP contribution < -0.4 is 95.8 Å². The van der Waals surface area contributed by atoms with Crippen molar-refractivity contribution in [3.05, 3.63) is 290 Å². The molecule has 534 valence electrons. The summed E-state index contributed by atoms with van der Waals surface area (Å²) in [5.41, 5.74) is 42.3. The minimum absolute atomic E-state index is 0.0689. The Morgan fingerprint density at radius 2 is 0.684 bits per heavy atom. The molecular weight excluding hydrogens is 1370 g/mol. The average molecular weight is 1450 g/mol. The predicted molar refractivity (Wildman–Crippen MR) is 511 cm³/mol. The molecule has 6 heterocycles. The number of rotatable bonds is 8. The van der Waals surface area contributed by atoms with E-state index in [1.54, 1.807) is 0 Å². The number of hydrogen-bond donors (Lipinski definition) is 0. The Bertz CT molecular complexity index is 6750. The van der Waals surface area contributed by atoms with Crippen molar-refractivity contribution in [1.29, 1.82) is 0 Å². The summed E-state index contributed by atoms with van der Waals surface area (Å²) in [7, 11) is 18.7. The van der Waals surface area contributed by atoms with Crippen LogP contribution in [0.5, 0.6) is 23.0 Å². The number of aromatic nitrogens is 2. The maximum Gasteiger partial charge on any atom is 0.260 e. The molecular formula is C98H80B10N4O2. The van der Waals surface area contributed by atoms with Crippen LogP contribution in [0.1, 0.15) is 52.7 Å². The number of fused-ring (bicyclic) bond motifs is 14. The van der Waals surface area contributed by atoms with Crippen molar-refractivity contribution in [2.75, 3.05) is 9.80 Å². The molecule has 0 spiro atoms. The first-order valence-electron chi connectivity index (χ1n) is 40.4. The summed E-state index contributed by atoms with van der Waals surface area (Å²) in [6.45, 7) is 13.6. The van der Waals surface area contributed by atoms with Crippen molar-refractivity contribution in [1.82, 2.24) is 9.13 Å². The lowest BCUT2D eigenvalue weighted by atomic mass is 9.33. The zero-order chi connectivity index (χ0) is 77.8. The fourth-order valence-electron chi connectivity index (χ4n) is 19.7. The van der Waals surface area contributed by atoms with Crippen LogP contribution in [0.4, 0.5) is 34.1 Å². The molecule has 114 heavy (non-hydrogen) atoms. The molecule has 17 aromatic rings. The second-order valence-corrected chi connectivity index (χ2v) is 34.6. The highest BCUT2D eigenvalue weighted by Crippen LogP contribution is 2.52. The number of nitrogens with zero attached hydrogens (tertiary/aromatic N) is 4. The van der Waals surface area contributed by atoms with Crippen molar-refractivity contribution < 1.29 is 9.47 Å². The molecule has 4 aliphatic rings. The summed E-state index contributed by atoms with van der Waals surface area (Å²) >= 11 is 0. The normalized spacial score (nSPS) is 13.2. The largest absolute Gasteiger partial charge is 0.458 e. The first-order chi connectivity index (χ1) is 55.1. The lowest BCUT2D eigenvalue weighted by Crippen LogP contribution is -2.61. The maximum atomic E-state index is 7.27. The molecule has 0 amide bonds. The number of para-hydroxylation sites is 3. The van der Waals surface area contributed by atoms with Crippen molar-refractivity contribution >= 4 is 230 Å². The standard InChI is InChI=1S/C98H80B10N4O2/c1-97(2,3)60-34-40-73-66(49-60)67-50-61(98(4,5)6)35-41-74(67)109(73)62-36-38-69-76(51-62)112(72-31-19-16-28-65(72)55-26-14-9-15-27-55)78-46-58(59-47-81-94-82(48-59)114-80-33-21-18-30-71(80)108(94)70-29-17-20-32-79(70)113-81)45-77-93(78)107(69)68-39-37-63(111-95-83(85(99)87(101)89(103)91(95)105)84-86(100)88(102)90(104)92(106)96(84)111)52-75(68)110(77)64-43-56(53-22-10-7-11-23-53)42-57(44-64)54-24-12-8-13-25-54/h7-52H,99-106H2,1-6H3. The van der Waals surface area contributed by atoms with Crippen molar-refractivity contribution in [2.45, 2.75) is 52.4 Å². The smallest absolute Gasteiger partial charge is 0.260 e. The first-order valence-corrected chi connectivity index (χ1v) is 40.4. The lowest BCUT2D eigenvalue weighted by Gasteiger charge is -2.45. The molecule has 0 unspecified atom stereocenters. The van der Waals surface area contributed by atoms with E-state index in [0.717, 1.165) is 129 Å². The highest BCUT2D eigenvalue weighted by molar-refractivity contribution is 7.00. The molecule has 0 fully saturated rings. The SMILES string of the molecule is Bc1c(B)c(B)c2c(c1B)c1c(B)c(B)c(B)c(B)c1n2-c1ccc2c(c1)N(c1cc(-c3ccccc3)cc(-c3ccccc3)c1)c1cc(-c3cc4c5c(c3)Oc3ccccc3B5c3ccccc3O4)cc3c1B2c1ccc(-n2c4ccc(C(C)(C)C)cc4c4cc(C(C)(C)C)ccc42)cc1N3c1ccccc1-c1ccccc1. The molecule has 2 aromatic heterocycles. The molecule has 0 bridgehead atoms. The number of benzene rings is 15. The van der Waals surface area contributed by atoms with Gasteiger partial charge < -0.3 is 28.4 Å². The van der Waals surface area contributed by atoms with E-state index in [2.05, 4.69) is 402 Å². The van der Waals surface area contributed by atoms with Gasteiger partial charge in [0.15, 0.2) is 0 Å². The summed E-state index contributed by atoms with van der Waals surface area (Å²) in [6, 6.07) is 105. The van der Waals surface area contributed by atoms with E-state index in [-0.39, 0.29) is 24.3 Å². The van der Waals surface area contributed by atoms with E-state index in [1.165, 1.54) is 115 Å². The predicted octanol–water partition coefficient (Wildman–Crippen LogP) is 8.02. The van der Waals surface area contributed by atoms with Crippen LogP contribution in [0.25, 0.3) is 99.5 Å². The van der Waals surface area contributed by atoms with Crippen LogP contribution in [-0.2, 0) is 10.8 Å². The van der Waals surface area contributed by atoms with Gasteiger partial charge >= 0.3 is 0 Å². The van der Waals surface area contributed by atoms with Crippen molar-refractivity contribution in [3.63, 3.8) is 0 Å². The van der Waals surface area contributed by atoms with Gasteiger partial charge in [-0.25, -0.2) is 0 Å². The Morgan fingerprint density at radius 3 is 1.19 bits per heavy atom. The molecule has 16 heteroatoms. The minimum Gasteiger partial charge on any atom is -0.458 e. The third kappa shape index (κ3) is 10.5. The molecule has 0 N–H and O–H groups in total. The molecule has 0 saturated carbocycles.